The van der Waals surface area contributed by atoms with E-state index >= 15 is 0 Å². The molecule has 33 heavy (non-hydrogen) atoms. The largest absolute Gasteiger partial charge is 0.451 e. The fourth-order valence-corrected chi connectivity index (χ4v) is 4.09. The van der Waals surface area contributed by atoms with E-state index in [9.17, 15) is 9.59 Å². The zero-order chi connectivity index (χ0) is 23.5. The molecule has 4 rings (SSSR count). The van der Waals surface area contributed by atoms with Gasteiger partial charge in [-0.2, -0.15) is 5.10 Å². The van der Waals surface area contributed by atoms with E-state index in [2.05, 4.69) is 15.0 Å². The van der Waals surface area contributed by atoms with Crippen molar-refractivity contribution < 1.29 is 14.3 Å². The molecule has 1 aliphatic heterocycles. The lowest BCUT2D eigenvalue weighted by Crippen LogP contribution is -2.49. The SMILES string of the molecule is Cc1cc(C)n(-c2ccc(Cl)c(C(=O)OCC(=O)N3CCN(c4cccc(Cl)c4)CC3)n2)n1. The molecule has 10 heteroatoms. The van der Waals surface area contributed by atoms with Crippen LogP contribution in [0.1, 0.15) is 21.9 Å². The lowest BCUT2D eigenvalue weighted by Gasteiger charge is -2.36. The Morgan fingerprint density at radius 1 is 1.03 bits per heavy atom. The number of nitrogens with zero attached hydrogens (tertiary/aromatic N) is 5. The Kier molecular flexibility index (Phi) is 6.85. The molecule has 0 N–H and O–H groups in total. The number of rotatable bonds is 5. The summed E-state index contributed by atoms with van der Waals surface area (Å²) in [6.07, 6.45) is 0. The van der Waals surface area contributed by atoms with Gasteiger partial charge >= 0.3 is 5.97 Å². The molecule has 0 radical (unpaired) electrons. The third kappa shape index (κ3) is 5.29. The minimum absolute atomic E-state index is 0.0553. The van der Waals surface area contributed by atoms with Crippen LogP contribution in [0.25, 0.3) is 5.82 Å². The van der Waals surface area contributed by atoms with Crippen molar-refractivity contribution in [2.24, 2.45) is 0 Å². The first-order chi connectivity index (χ1) is 15.8. The van der Waals surface area contributed by atoms with Crippen molar-refractivity contribution in [3.63, 3.8) is 0 Å². The number of anilines is 1. The summed E-state index contributed by atoms with van der Waals surface area (Å²) >= 11 is 12.2. The Bertz CT molecular complexity index is 1190. The highest BCUT2D eigenvalue weighted by molar-refractivity contribution is 6.33. The fourth-order valence-electron chi connectivity index (χ4n) is 3.73. The molecule has 3 heterocycles. The summed E-state index contributed by atoms with van der Waals surface area (Å²) in [6.45, 7) is 5.76. The Labute approximate surface area is 201 Å². The molecule has 0 atom stereocenters. The van der Waals surface area contributed by atoms with Crippen LogP contribution in [0.3, 0.4) is 0 Å². The molecule has 2 aromatic heterocycles. The van der Waals surface area contributed by atoms with E-state index in [-0.39, 0.29) is 23.2 Å². The van der Waals surface area contributed by atoms with Crippen LogP contribution in [0.2, 0.25) is 10.0 Å². The number of amides is 1. The summed E-state index contributed by atoms with van der Waals surface area (Å²) < 4.78 is 6.86. The van der Waals surface area contributed by atoms with Crippen LogP contribution in [0.5, 0.6) is 0 Å². The highest BCUT2D eigenvalue weighted by atomic mass is 35.5. The normalized spacial score (nSPS) is 13.8. The number of carbonyl (C=O) groups is 2. The van der Waals surface area contributed by atoms with Crippen LogP contribution in [0, 0.1) is 13.8 Å². The van der Waals surface area contributed by atoms with Crippen molar-refractivity contribution in [3.05, 3.63) is 69.6 Å². The maximum Gasteiger partial charge on any atom is 0.359 e. The van der Waals surface area contributed by atoms with E-state index in [0.29, 0.717) is 37.0 Å². The van der Waals surface area contributed by atoms with Crippen LogP contribution in [-0.4, -0.2) is 64.3 Å². The topological polar surface area (TPSA) is 80.6 Å². The molecule has 1 amide bonds. The van der Waals surface area contributed by atoms with E-state index in [4.69, 9.17) is 27.9 Å². The first kappa shape index (κ1) is 23.1. The molecular formula is C23H23Cl2N5O3. The Balaban J connectivity index is 1.35. The first-order valence-electron chi connectivity index (χ1n) is 10.5. The number of aromatic nitrogens is 3. The van der Waals surface area contributed by atoms with Crippen molar-refractivity contribution in [3.8, 4) is 5.82 Å². The summed E-state index contributed by atoms with van der Waals surface area (Å²) in [6, 6.07) is 12.8. The summed E-state index contributed by atoms with van der Waals surface area (Å²) in [4.78, 5) is 33.3. The number of benzene rings is 1. The standard InChI is InChI=1S/C23H23Cl2N5O3/c1-15-12-16(2)30(27-15)20-7-6-19(25)22(26-20)23(32)33-14-21(31)29-10-8-28(9-11-29)18-5-3-4-17(24)13-18/h3-7,12-13H,8-11,14H2,1-2H3. The van der Waals surface area contributed by atoms with Gasteiger partial charge in [-0.05, 0) is 50.2 Å². The predicted octanol–water partition coefficient (Wildman–Crippen LogP) is 3.70. The van der Waals surface area contributed by atoms with Gasteiger partial charge in [0, 0.05) is 42.6 Å². The second kappa shape index (κ2) is 9.80. The number of ether oxygens (including phenoxy) is 1. The zero-order valence-corrected chi connectivity index (χ0v) is 19.8. The summed E-state index contributed by atoms with van der Waals surface area (Å²) in [5.74, 6) is -0.574. The predicted molar refractivity (Wildman–Crippen MR) is 126 cm³/mol. The monoisotopic (exact) mass is 487 g/mol. The molecule has 0 aliphatic carbocycles. The summed E-state index contributed by atoms with van der Waals surface area (Å²) in [5, 5.41) is 5.19. The van der Waals surface area contributed by atoms with Gasteiger partial charge in [0.2, 0.25) is 0 Å². The number of pyridine rings is 1. The molecule has 1 aromatic carbocycles. The molecule has 8 nitrogen and oxygen atoms in total. The Morgan fingerprint density at radius 2 is 1.79 bits per heavy atom. The van der Waals surface area contributed by atoms with Crippen LogP contribution in [-0.2, 0) is 9.53 Å². The number of piperazine rings is 1. The van der Waals surface area contributed by atoms with E-state index in [1.54, 1.807) is 21.7 Å². The number of hydrogen-bond acceptors (Lipinski definition) is 6. The average molecular weight is 488 g/mol. The van der Waals surface area contributed by atoms with E-state index in [1.807, 2.05) is 44.2 Å². The molecular weight excluding hydrogens is 465 g/mol. The molecule has 1 saturated heterocycles. The van der Waals surface area contributed by atoms with Gasteiger partial charge in [-0.1, -0.05) is 29.3 Å². The van der Waals surface area contributed by atoms with Gasteiger partial charge < -0.3 is 14.5 Å². The van der Waals surface area contributed by atoms with E-state index in [0.717, 1.165) is 17.1 Å². The highest BCUT2D eigenvalue weighted by Crippen LogP contribution is 2.21. The van der Waals surface area contributed by atoms with Gasteiger partial charge in [-0.3, -0.25) is 4.79 Å². The van der Waals surface area contributed by atoms with Crippen molar-refractivity contribution in [1.29, 1.82) is 0 Å². The Hall–Kier alpha value is -3.10. The second-order valence-electron chi connectivity index (χ2n) is 7.76. The van der Waals surface area contributed by atoms with Crippen LogP contribution >= 0.6 is 23.2 Å². The first-order valence-corrected chi connectivity index (χ1v) is 11.2. The van der Waals surface area contributed by atoms with Gasteiger partial charge in [-0.25, -0.2) is 14.5 Å². The van der Waals surface area contributed by atoms with Crippen LogP contribution in [0.4, 0.5) is 5.69 Å². The quantitative estimate of drug-likeness (QED) is 0.510. The molecule has 3 aromatic rings. The van der Waals surface area contributed by atoms with Crippen molar-refractivity contribution in [2.75, 3.05) is 37.7 Å². The molecule has 0 spiro atoms. The van der Waals surface area contributed by atoms with Crippen LogP contribution < -0.4 is 4.90 Å². The Morgan fingerprint density at radius 3 is 2.45 bits per heavy atom. The van der Waals surface area contributed by atoms with Crippen LogP contribution in [0.15, 0.2) is 42.5 Å². The molecule has 172 valence electrons. The molecule has 0 bridgehead atoms. The number of carbonyl (C=O) groups excluding carboxylic acids is 2. The van der Waals surface area contributed by atoms with E-state index < -0.39 is 5.97 Å². The van der Waals surface area contributed by atoms with Crippen molar-refractivity contribution >= 4 is 40.8 Å². The third-order valence-electron chi connectivity index (χ3n) is 5.38. The number of aryl methyl sites for hydroxylation is 2. The number of hydrogen-bond donors (Lipinski definition) is 0. The van der Waals surface area contributed by atoms with Gasteiger partial charge in [0.15, 0.2) is 18.1 Å². The lowest BCUT2D eigenvalue weighted by atomic mass is 10.2. The molecule has 0 unspecified atom stereocenters. The fraction of sp³-hybridized carbons (Fsp3) is 0.304. The maximum atomic E-state index is 12.6. The summed E-state index contributed by atoms with van der Waals surface area (Å²) in [7, 11) is 0. The smallest absolute Gasteiger partial charge is 0.359 e. The van der Waals surface area contributed by atoms with Gasteiger partial charge in [0.25, 0.3) is 5.91 Å². The highest BCUT2D eigenvalue weighted by Gasteiger charge is 2.24. The summed E-state index contributed by atoms with van der Waals surface area (Å²) in [5.41, 5.74) is 2.66. The molecule has 1 fully saturated rings. The average Bonchev–Trinajstić information content (AvgIpc) is 3.15. The van der Waals surface area contributed by atoms with Gasteiger partial charge in [0.1, 0.15) is 0 Å². The number of esters is 1. The molecule has 0 saturated carbocycles. The minimum atomic E-state index is -0.755. The second-order valence-corrected chi connectivity index (χ2v) is 8.61. The minimum Gasteiger partial charge on any atom is -0.451 e. The van der Waals surface area contributed by atoms with E-state index in [1.165, 1.54) is 0 Å². The van der Waals surface area contributed by atoms with Crippen molar-refractivity contribution in [2.45, 2.75) is 13.8 Å². The van der Waals surface area contributed by atoms with Gasteiger partial charge in [-0.15, -0.1) is 0 Å². The lowest BCUT2D eigenvalue weighted by molar-refractivity contribution is -0.134. The molecule has 1 aliphatic rings. The third-order valence-corrected chi connectivity index (χ3v) is 5.92. The zero-order valence-electron chi connectivity index (χ0n) is 18.3. The number of halogens is 2. The van der Waals surface area contributed by atoms with Crippen molar-refractivity contribution in [1.82, 2.24) is 19.7 Å². The maximum absolute atomic E-state index is 12.6. The van der Waals surface area contributed by atoms with Gasteiger partial charge in [0.05, 0.1) is 10.7 Å².